The third-order valence-corrected chi connectivity index (χ3v) is 14.4. The van der Waals surface area contributed by atoms with Crippen LogP contribution in [0.4, 0.5) is 17.1 Å². The largest absolute Gasteiger partial charge is 0.456 e. The molecule has 0 bridgehead atoms. The fourth-order valence-corrected chi connectivity index (χ4v) is 11.2. The molecule has 4 nitrogen and oxygen atoms in total. The SMILES string of the molecule is CC1(C)c2ccccc2-c2ccc(-c3ccc(N(c4cccc5oc6ccccc6c45)c4cccc5oc6ccc(-c7ccc8c(c7)c7ccccc7n8-c7ccccc7)cc6c45)cc3)cc21. The first-order valence-electron chi connectivity index (χ1n) is 23.1. The molecule has 4 heteroatoms. The molecular weight excluding hydrogens is 817 g/mol. The lowest BCUT2D eigenvalue weighted by atomic mass is 9.81. The fourth-order valence-electron chi connectivity index (χ4n) is 11.2. The van der Waals surface area contributed by atoms with Gasteiger partial charge in [0.2, 0.25) is 0 Å². The average molecular weight is 859 g/mol. The number of aromatic nitrogens is 1. The van der Waals surface area contributed by atoms with Crippen LogP contribution >= 0.6 is 0 Å². The Bertz CT molecular complexity index is 4130. The van der Waals surface area contributed by atoms with Crippen LogP contribution in [-0.2, 0) is 5.41 Å². The maximum Gasteiger partial charge on any atom is 0.137 e. The molecule has 1 aliphatic rings. The number of para-hydroxylation sites is 3. The van der Waals surface area contributed by atoms with E-state index in [1.165, 1.54) is 55.2 Å². The first kappa shape index (κ1) is 37.7. The summed E-state index contributed by atoms with van der Waals surface area (Å²) in [6.07, 6.45) is 0. The van der Waals surface area contributed by atoms with Crippen molar-refractivity contribution in [2.24, 2.45) is 0 Å². The highest BCUT2D eigenvalue weighted by Gasteiger charge is 2.35. The van der Waals surface area contributed by atoms with E-state index in [-0.39, 0.29) is 5.41 Å². The van der Waals surface area contributed by atoms with Crippen LogP contribution in [-0.4, -0.2) is 4.57 Å². The van der Waals surface area contributed by atoms with E-state index in [4.69, 9.17) is 8.83 Å². The van der Waals surface area contributed by atoms with Crippen LogP contribution in [0.2, 0.25) is 0 Å². The minimum atomic E-state index is -0.0772. The van der Waals surface area contributed by atoms with Gasteiger partial charge in [-0.05, 0) is 136 Å². The highest BCUT2D eigenvalue weighted by Crippen LogP contribution is 2.51. The van der Waals surface area contributed by atoms with E-state index in [1.54, 1.807) is 0 Å². The number of fused-ring (bicyclic) bond motifs is 12. The summed E-state index contributed by atoms with van der Waals surface area (Å²) in [5, 5.41) is 6.70. The fraction of sp³-hybridized carbons (Fsp3) is 0.0476. The maximum atomic E-state index is 6.73. The number of furan rings is 2. The lowest BCUT2D eigenvalue weighted by Gasteiger charge is -2.27. The Kier molecular flexibility index (Phi) is 8.00. The summed E-state index contributed by atoms with van der Waals surface area (Å²) in [6.45, 7) is 4.69. The lowest BCUT2D eigenvalue weighted by molar-refractivity contribution is 0.660. The second-order valence-electron chi connectivity index (χ2n) is 18.4. The monoisotopic (exact) mass is 858 g/mol. The van der Waals surface area contributed by atoms with Crippen molar-refractivity contribution in [3.05, 3.63) is 230 Å². The highest BCUT2D eigenvalue weighted by atomic mass is 16.3. The van der Waals surface area contributed by atoms with Gasteiger partial charge in [-0.1, -0.05) is 141 Å². The van der Waals surface area contributed by atoms with Crippen LogP contribution in [0.25, 0.3) is 105 Å². The quantitative estimate of drug-likeness (QED) is 0.167. The third-order valence-electron chi connectivity index (χ3n) is 14.4. The summed E-state index contributed by atoms with van der Waals surface area (Å²) in [5.74, 6) is 0. The Labute approximate surface area is 387 Å². The molecule has 0 amide bonds. The minimum absolute atomic E-state index is 0.0772. The molecule has 0 aliphatic heterocycles. The van der Waals surface area contributed by atoms with Gasteiger partial charge in [0.15, 0.2) is 0 Å². The number of benzene rings is 10. The van der Waals surface area contributed by atoms with Crippen molar-refractivity contribution in [2.45, 2.75) is 19.3 Å². The van der Waals surface area contributed by atoms with Crippen LogP contribution in [0.5, 0.6) is 0 Å². The highest BCUT2D eigenvalue weighted by molar-refractivity contribution is 6.18. The zero-order valence-electron chi connectivity index (χ0n) is 37.0. The van der Waals surface area contributed by atoms with Crippen LogP contribution in [0, 0.1) is 0 Å². The average Bonchev–Trinajstić information content (AvgIpc) is 4.11. The standard InChI is InChI=1S/C63H42N2O2/c1-63(2)51-19-9-6-16-45(51)46-33-28-42(38-52(46)63)39-26-31-44(32-27-39)65(55-21-12-24-59-61(55)48-18-8-11-23-57(48)66-59)56-22-13-25-60-62(56)50-37-41(30-35-58(50)67-60)40-29-34-54-49(36-40)47-17-7-10-20-53(47)64(54)43-14-4-3-5-15-43/h3-38H,1-2H3. The van der Waals surface area contributed by atoms with Gasteiger partial charge < -0.3 is 18.3 Å². The second-order valence-corrected chi connectivity index (χ2v) is 18.4. The second kappa shape index (κ2) is 14.2. The van der Waals surface area contributed by atoms with Gasteiger partial charge in [-0.25, -0.2) is 0 Å². The van der Waals surface area contributed by atoms with Crippen molar-refractivity contribution in [1.29, 1.82) is 0 Å². The van der Waals surface area contributed by atoms with E-state index in [9.17, 15) is 0 Å². The van der Waals surface area contributed by atoms with Crippen LogP contribution in [0.1, 0.15) is 25.0 Å². The normalized spacial score (nSPS) is 13.0. The molecule has 0 N–H and O–H groups in total. The Balaban J connectivity index is 0.942. The smallest absolute Gasteiger partial charge is 0.137 e. The molecule has 0 saturated carbocycles. The topological polar surface area (TPSA) is 34.5 Å². The van der Waals surface area contributed by atoms with Crippen molar-refractivity contribution in [2.75, 3.05) is 4.90 Å². The van der Waals surface area contributed by atoms with Gasteiger partial charge in [-0.15, -0.1) is 0 Å². The van der Waals surface area contributed by atoms with Crippen molar-refractivity contribution in [1.82, 2.24) is 4.57 Å². The molecular formula is C63H42N2O2. The summed E-state index contributed by atoms with van der Waals surface area (Å²) >= 11 is 0. The van der Waals surface area contributed by atoms with Gasteiger partial charge in [-0.2, -0.15) is 0 Å². The van der Waals surface area contributed by atoms with E-state index in [0.29, 0.717) is 0 Å². The molecule has 0 atom stereocenters. The zero-order chi connectivity index (χ0) is 44.4. The number of hydrogen-bond donors (Lipinski definition) is 0. The van der Waals surface area contributed by atoms with Crippen molar-refractivity contribution in [3.63, 3.8) is 0 Å². The number of nitrogens with zero attached hydrogens (tertiary/aromatic N) is 2. The molecule has 3 heterocycles. The molecule has 0 saturated heterocycles. The first-order chi connectivity index (χ1) is 33.0. The van der Waals surface area contributed by atoms with Gasteiger partial charge >= 0.3 is 0 Å². The molecule has 0 radical (unpaired) electrons. The van der Waals surface area contributed by atoms with E-state index in [1.807, 2.05) is 6.07 Å². The molecule has 316 valence electrons. The number of hydrogen-bond acceptors (Lipinski definition) is 3. The maximum absolute atomic E-state index is 6.73. The molecule has 0 fully saturated rings. The molecule has 13 aromatic rings. The summed E-state index contributed by atoms with van der Waals surface area (Å²) in [5.41, 5.74) is 20.0. The number of rotatable bonds is 6. The van der Waals surface area contributed by atoms with Gasteiger partial charge in [0.25, 0.3) is 0 Å². The van der Waals surface area contributed by atoms with Gasteiger partial charge in [0, 0.05) is 38.3 Å². The zero-order valence-corrected chi connectivity index (χ0v) is 37.0. The Morgan fingerprint density at radius 2 is 0.925 bits per heavy atom. The predicted octanol–water partition coefficient (Wildman–Crippen LogP) is 17.7. The van der Waals surface area contributed by atoms with E-state index < -0.39 is 0 Å². The summed E-state index contributed by atoms with van der Waals surface area (Å²) in [4.78, 5) is 2.39. The molecule has 0 spiro atoms. The van der Waals surface area contributed by atoms with E-state index in [2.05, 4.69) is 236 Å². The molecule has 67 heavy (non-hydrogen) atoms. The third kappa shape index (κ3) is 5.60. The van der Waals surface area contributed by atoms with Crippen molar-refractivity contribution >= 4 is 82.7 Å². The Morgan fingerprint density at radius 1 is 0.373 bits per heavy atom. The van der Waals surface area contributed by atoms with E-state index >= 15 is 0 Å². The van der Waals surface area contributed by atoms with Crippen molar-refractivity contribution in [3.8, 4) is 39.1 Å². The predicted molar refractivity (Wildman–Crippen MR) is 278 cm³/mol. The van der Waals surface area contributed by atoms with Gasteiger partial charge in [0.1, 0.15) is 22.3 Å². The summed E-state index contributed by atoms with van der Waals surface area (Å²) in [7, 11) is 0. The molecule has 10 aromatic carbocycles. The van der Waals surface area contributed by atoms with Crippen LogP contribution in [0.15, 0.2) is 227 Å². The molecule has 0 unspecified atom stereocenters. The first-order valence-corrected chi connectivity index (χ1v) is 23.1. The van der Waals surface area contributed by atoms with Crippen LogP contribution < -0.4 is 4.90 Å². The van der Waals surface area contributed by atoms with E-state index in [0.717, 1.165) is 77.8 Å². The Hall–Kier alpha value is -8.60. The summed E-state index contributed by atoms with van der Waals surface area (Å²) < 4.78 is 15.6. The lowest BCUT2D eigenvalue weighted by Crippen LogP contribution is -2.14. The van der Waals surface area contributed by atoms with Crippen LogP contribution in [0.3, 0.4) is 0 Å². The van der Waals surface area contributed by atoms with Gasteiger partial charge in [0.05, 0.1) is 33.2 Å². The van der Waals surface area contributed by atoms with Gasteiger partial charge in [-0.3, -0.25) is 0 Å². The minimum Gasteiger partial charge on any atom is -0.456 e. The molecule has 1 aliphatic carbocycles. The summed E-state index contributed by atoms with van der Waals surface area (Å²) in [6, 6.07) is 78.9. The molecule has 14 rings (SSSR count). The number of anilines is 3. The van der Waals surface area contributed by atoms with Crippen molar-refractivity contribution < 1.29 is 8.83 Å². The Morgan fingerprint density at radius 3 is 1.72 bits per heavy atom. The molecule has 3 aromatic heterocycles.